The summed E-state index contributed by atoms with van der Waals surface area (Å²) < 4.78 is 20.6. The number of carbonyl (C=O) groups is 1. The lowest BCUT2D eigenvalue weighted by molar-refractivity contribution is -0.128. The van der Waals surface area contributed by atoms with Gasteiger partial charge in [0, 0.05) is 6.20 Å². The summed E-state index contributed by atoms with van der Waals surface area (Å²) in [6.07, 6.45) is 8.13. The number of hydrogen-bond donors (Lipinski definition) is 1. The number of methoxy groups -OCH3 is 1. The van der Waals surface area contributed by atoms with E-state index < -0.39 is 11.4 Å². The number of pyridine rings is 1. The number of halogens is 1. The Morgan fingerprint density at radius 3 is 2.87 bits per heavy atom. The molecular weight excluding hydrogens is 299 g/mol. The lowest BCUT2D eigenvalue weighted by atomic mass is 10.1. The Balaban J connectivity index is 2.45. The van der Waals surface area contributed by atoms with Crippen LogP contribution in [0.25, 0.3) is 11.4 Å². The molecule has 1 N–H and O–H groups in total. The average molecular weight is 316 g/mol. The second-order valence-electron chi connectivity index (χ2n) is 5.27. The number of nitrogens with one attached hydrogen (secondary N) is 1. The topological polar surface area (TPSA) is 69.0 Å². The lowest BCUT2D eigenvalue weighted by Gasteiger charge is -2.23. The van der Waals surface area contributed by atoms with Crippen molar-refractivity contribution in [2.24, 2.45) is 0 Å². The van der Waals surface area contributed by atoms with Gasteiger partial charge in [0.25, 0.3) is 0 Å². The summed E-state index contributed by atoms with van der Waals surface area (Å²) in [6, 6.07) is 2.77. The molecule has 0 unspecified atom stereocenters. The molecule has 0 fully saturated rings. The smallest absolute Gasteiger partial charge is 0.248 e. The van der Waals surface area contributed by atoms with Crippen molar-refractivity contribution < 1.29 is 13.9 Å². The maximum absolute atomic E-state index is 14.0. The summed E-state index contributed by atoms with van der Waals surface area (Å²) in [5, 5.41) is 6.89. The SMILES string of the molecule is C#CCNC(=O)C(C)(C)n1cc(OC)c(-c2ncccc2F)n1. The molecule has 120 valence electrons. The summed E-state index contributed by atoms with van der Waals surface area (Å²) in [7, 11) is 1.44. The van der Waals surface area contributed by atoms with Gasteiger partial charge >= 0.3 is 0 Å². The second kappa shape index (κ2) is 6.48. The number of terminal acetylenes is 1. The molecule has 0 bridgehead atoms. The molecule has 0 aromatic carbocycles. The minimum Gasteiger partial charge on any atom is -0.493 e. The molecule has 2 aromatic rings. The molecule has 1 amide bonds. The first-order valence-electron chi connectivity index (χ1n) is 6.88. The standard InChI is InChI=1S/C16H17FN4O2/c1-5-8-19-15(22)16(2,3)21-10-12(23-4)14(20-21)13-11(17)7-6-9-18-13/h1,6-7,9-10H,8H2,2-4H3,(H,19,22). The van der Waals surface area contributed by atoms with Gasteiger partial charge in [0.1, 0.15) is 11.2 Å². The van der Waals surface area contributed by atoms with Crippen LogP contribution in [0.5, 0.6) is 5.75 Å². The van der Waals surface area contributed by atoms with Crippen molar-refractivity contribution in [1.82, 2.24) is 20.1 Å². The average Bonchev–Trinajstić information content (AvgIpc) is 2.97. The van der Waals surface area contributed by atoms with Crippen LogP contribution in [0.15, 0.2) is 24.5 Å². The maximum Gasteiger partial charge on any atom is 0.248 e. The van der Waals surface area contributed by atoms with Crippen molar-refractivity contribution in [1.29, 1.82) is 0 Å². The Morgan fingerprint density at radius 2 is 2.26 bits per heavy atom. The molecule has 2 aromatic heterocycles. The zero-order valence-corrected chi connectivity index (χ0v) is 13.1. The maximum atomic E-state index is 14.0. The number of nitrogens with zero attached hydrogens (tertiary/aromatic N) is 3. The zero-order valence-electron chi connectivity index (χ0n) is 13.1. The van der Waals surface area contributed by atoms with Crippen LogP contribution in [-0.2, 0) is 10.3 Å². The van der Waals surface area contributed by atoms with Gasteiger partial charge in [-0.25, -0.2) is 4.39 Å². The Morgan fingerprint density at radius 1 is 1.52 bits per heavy atom. The summed E-state index contributed by atoms with van der Waals surface area (Å²) in [6.45, 7) is 3.45. The third kappa shape index (κ3) is 3.16. The molecule has 0 saturated heterocycles. The number of hydrogen-bond acceptors (Lipinski definition) is 4. The Bertz CT molecular complexity index is 762. The molecule has 0 aliphatic rings. The first kappa shape index (κ1) is 16.5. The van der Waals surface area contributed by atoms with Gasteiger partial charge in [-0.15, -0.1) is 6.42 Å². The van der Waals surface area contributed by atoms with E-state index in [0.29, 0.717) is 5.75 Å². The van der Waals surface area contributed by atoms with E-state index in [9.17, 15) is 9.18 Å². The van der Waals surface area contributed by atoms with Crippen molar-refractivity contribution in [3.05, 3.63) is 30.3 Å². The van der Waals surface area contributed by atoms with Crippen molar-refractivity contribution in [3.63, 3.8) is 0 Å². The van der Waals surface area contributed by atoms with Crippen molar-refractivity contribution >= 4 is 5.91 Å². The molecule has 0 atom stereocenters. The van der Waals surface area contributed by atoms with E-state index >= 15 is 0 Å². The molecule has 0 spiro atoms. The molecule has 0 saturated carbocycles. The van der Waals surface area contributed by atoms with Crippen LogP contribution in [0, 0.1) is 18.2 Å². The van der Waals surface area contributed by atoms with Crippen LogP contribution < -0.4 is 10.1 Å². The molecule has 0 aliphatic heterocycles. The summed E-state index contributed by atoms with van der Waals surface area (Å²) in [5.74, 6) is 1.82. The summed E-state index contributed by atoms with van der Waals surface area (Å²) in [5.41, 5.74) is -0.750. The minimum absolute atomic E-state index is 0.0583. The molecule has 2 heterocycles. The van der Waals surface area contributed by atoms with E-state index in [0.717, 1.165) is 0 Å². The zero-order chi connectivity index (χ0) is 17.0. The molecular formula is C16H17FN4O2. The van der Waals surface area contributed by atoms with Crippen LogP contribution in [0.4, 0.5) is 4.39 Å². The van der Waals surface area contributed by atoms with Gasteiger partial charge in [-0.3, -0.25) is 14.5 Å². The van der Waals surface area contributed by atoms with Crippen LogP contribution in [0.2, 0.25) is 0 Å². The Kier molecular flexibility index (Phi) is 4.65. The van der Waals surface area contributed by atoms with Crippen LogP contribution in [0.1, 0.15) is 13.8 Å². The molecule has 0 aliphatic carbocycles. The first-order chi connectivity index (χ1) is 10.9. The third-order valence-corrected chi connectivity index (χ3v) is 3.36. The highest BCUT2D eigenvalue weighted by Crippen LogP contribution is 2.31. The highest BCUT2D eigenvalue weighted by Gasteiger charge is 2.32. The molecule has 0 radical (unpaired) electrons. The van der Waals surface area contributed by atoms with E-state index in [1.54, 1.807) is 13.8 Å². The number of amides is 1. The molecule has 6 nitrogen and oxygen atoms in total. The largest absolute Gasteiger partial charge is 0.493 e. The Labute approximate surface area is 133 Å². The fourth-order valence-electron chi connectivity index (χ4n) is 1.97. The normalized spacial score (nSPS) is 10.9. The number of carbonyl (C=O) groups excluding carboxylic acids is 1. The third-order valence-electron chi connectivity index (χ3n) is 3.36. The van der Waals surface area contributed by atoms with Crippen LogP contribution in [0.3, 0.4) is 0 Å². The van der Waals surface area contributed by atoms with E-state index in [4.69, 9.17) is 11.2 Å². The molecule has 7 heteroatoms. The minimum atomic E-state index is -1.03. The van der Waals surface area contributed by atoms with Crippen molar-refractivity contribution in [2.75, 3.05) is 13.7 Å². The molecule has 2 rings (SSSR count). The summed E-state index contributed by atoms with van der Waals surface area (Å²) >= 11 is 0. The Hall–Kier alpha value is -2.88. The van der Waals surface area contributed by atoms with Gasteiger partial charge in [-0.2, -0.15) is 5.10 Å². The fraction of sp³-hybridized carbons (Fsp3) is 0.312. The monoisotopic (exact) mass is 316 g/mol. The number of aromatic nitrogens is 3. The van der Waals surface area contributed by atoms with Gasteiger partial charge in [-0.1, -0.05) is 5.92 Å². The quantitative estimate of drug-likeness (QED) is 0.850. The fourth-order valence-corrected chi connectivity index (χ4v) is 1.97. The van der Waals surface area contributed by atoms with Crippen molar-refractivity contribution in [3.8, 4) is 29.5 Å². The van der Waals surface area contributed by atoms with Gasteiger partial charge in [0.05, 0.1) is 19.9 Å². The van der Waals surface area contributed by atoms with Crippen molar-refractivity contribution in [2.45, 2.75) is 19.4 Å². The van der Waals surface area contributed by atoms with E-state index in [2.05, 4.69) is 21.3 Å². The van der Waals surface area contributed by atoms with E-state index in [1.165, 1.54) is 36.3 Å². The first-order valence-corrected chi connectivity index (χ1v) is 6.88. The number of ether oxygens (including phenoxy) is 1. The second-order valence-corrected chi connectivity index (χ2v) is 5.27. The predicted molar refractivity (Wildman–Crippen MR) is 83.1 cm³/mol. The van der Waals surface area contributed by atoms with Crippen LogP contribution in [-0.4, -0.2) is 34.3 Å². The lowest BCUT2D eigenvalue weighted by Crippen LogP contribution is -2.44. The predicted octanol–water partition coefficient (Wildman–Crippen LogP) is 1.58. The van der Waals surface area contributed by atoms with E-state index in [1.807, 2.05) is 0 Å². The van der Waals surface area contributed by atoms with Gasteiger partial charge < -0.3 is 10.1 Å². The van der Waals surface area contributed by atoms with Crippen LogP contribution >= 0.6 is 0 Å². The summed E-state index contributed by atoms with van der Waals surface area (Å²) in [4.78, 5) is 16.2. The number of rotatable bonds is 5. The molecule has 23 heavy (non-hydrogen) atoms. The highest BCUT2D eigenvalue weighted by atomic mass is 19.1. The van der Waals surface area contributed by atoms with Gasteiger partial charge in [0.15, 0.2) is 17.3 Å². The highest BCUT2D eigenvalue weighted by molar-refractivity contribution is 5.84. The van der Waals surface area contributed by atoms with Gasteiger partial charge in [0.2, 0.25) is 5.91 Å². The van der Waals surface area contributed by atoms with Gasteiger partial charge in [-0.05, 0) is 26.0 Å². The van der Waals surface area contributed by atoms with E-state index in [-0.39, 0.29) is 23.8 Å².